The summed E-state index contributed by atoms with van der Waals surface area (Å²) in [6.45, 7) is 3.80. The van der Waals surface area contributed by atoms with Crippen molar-refractivity contribution in [2.45, 2.75) is 26.4 Å². The topological polar surface area (TPSA) is 72.0 Å². The van der Waals surface area contributed by atoms with E-state index in [9.17, 15) is 5.11 Å². The highest BCUT2D eigenvalue weighted by Crippen LogP contribution is 2.20. The zero-order valence-electron chi connectivity index (χ0n) is 9.21. The maximum absolute atomic E-state index is 9.54. The van der Waals surface area contributed by atoms with Crippen molar-refractivity contribution in [3.05, 3.63) is 29.8 Å². The van der Waals surface area contributed by atoms with Gasteiger partial charge in [-0.2, -0.15) is 4.98 Å². The molecule has 0 aliphatic carbocycles. The first-order valence-corrected chi connectivity index (χ1v) is 5.14. The summed E-state index contributed by atoms with van der Waals surface area (Å²) in [5, 5.41) is 13.3. The molecule has 0 aromatic carbocycles. The molecular formula is C11H13N3O2. The first-order valence-electron chi connectivity index (χ1n) is 5.14. The molecule has 0 aliphatic heterocycles. The summed E-state index contributed by atoms with van der Waals surface area (Å²) in [4.78, 5) is 8.17. The van der Waals surface area contributed by atoms with E-state index in [2.05, 4.69) is 15.1 Å². The Morgan fingerprint density at radius 3 is 2.94 bits per heavy atom. The smallest absolute Gasteiger partial charge is 0.259 e. The zero-order valence-corrected chi connectivity index (χ0v) is 9.21. The van der Waals surface area contributed by atoms with E-state index in [1.807, 2.05) is 19.9 Å². The number of aliphatic hydroxyl groups excluding tert-OH is 1. The molecule has 5 heteroatoms. The minimum atomic E-state index is -0.671. The summed E-state index contributed by atoms with van der Waals surface area (Å²) < 4.78 is 5.07. The van der Waals surface area contributed by atoms with E-state index in [4.69, 9.17) is 4.52 Å². The first kappa shape index (κ1) is 10.8. The van der Waals surface area contributed by atoms with Crippen molar-refractivity contribution >= 4 is 0 Å². The highest BCUT2D eigenvalue weighted by atomic mass is 16.5. The SMILES string of the molecule is CCC(O)c1noc(-c2cncc(C)c2)n1. The quantitative estimate of drug-likeness (QED) is 0.853. The average Bonchev–Trinajstić information content (AvgIpc) is 2.77. The molecule has 0 aliphatic rings. The summed E-state index contributed by atoms with van der Waals surface area (Å²) in [6, 6.07) is 1.91. The Bertz CT molecular complexity index is 482. The molecule has 0 radical (unpaired) electrons. The number of rotatable bonds is 3. The van der Waals surface area contributed by atoms with Crippen LogP contribution >= 0.6 is 0 Å². The predicted octanol–water partition coefficient (Wildman–Crippen LogP) is 1.88. The van der Waals surface area contributed by atoms with Crippen LogP contribution in [0.15, 0.2) is 23.0 Å². The molecule has 1 N–H and O–H groups in total. The van der Waals surface area contributed by atoms with Gasteiger partial charge in [0.1, 0.15) is 6.10 Å². The molecule has 1 atom stereocenters. The fourth-order valence-electron chi connectivity index (χ4n) is 1.34. The van der Waals surface area contributed by atoms with Crippen LogP contribution in [0.25, 0.3) is 11.5 Å². The van der Waals surface area contributed by atoms with Gasteiger partial charge in [-0.15, -0.1) is 0 Å². The minimum Gasteiger partial charge on any atom is -0.385 e. The van der Waals surface area contributed by atoms with Gasteiger partial charge in [0.05, 0.1) is 5.56 Å². The highest BCUT2D eigenvalue weighted by Gasteiger charge is 2.14. The Hall–Kier alpha value is -1.75. The van der Waals surface area contributed by atoms with Crippen molar-refractivity contribution in [2.75, 3.05) is 0 Å². The van der Waals surface area contributed by atoms with Crippen LogP contribution in [0.5, 0.6) is 0 Å². The summed E-state index contributed by atoms with van der Waals surface area (Å²) in [5.74, 6) is 0.706. The molecule has 1 unspecified atom stereocenters. The third-order valence-electron chi connectivity index (χ3n) is 2.25. The lowest BCUT2D eigenvalue weighted by atomic mass is 10.2. The normalized spacial score (nSPS) is 12.7. The van der Waals surface area contributed by atoms with Crippen molar-refractivity contribution in [1.29, 1.82) is 0 Å². The fourth-order valence-corrected chi connectivity index (χ4v) is 1.34. The Labute approximate surface area is 93.1 Å². The molecular weight excluding hydrogens is 206 g/mol. The number of aryl methyl sites for hydroxylation is 1. The van der Waals surface area contributed by atoms with Crippen molar-refractivity contribution in [3.63, 3.8) is 0 Å². The molecule has 0 bridgehead atoms. The van der Waals surface area contributed by atoms with Crippen molar-refractivity contribution in [2.24, 2.45) is 0 Å². The summed E-state index contributed by atoms with van der Waals surface area (Å²) in [7, 11) is 0. The maximum Gasteiger partial charge on any atom is 0.259 e. The minimum absolute atomic E-state index is 0.319. The fraction of sp³-hybridized carbons (Fsp3) is 0.364. The molecule has 2 rings (SSSR count). The molecule has 16 heavy (non-hydrogen) atoms. The average molecular weight is 219 g/mol. The van der Waals surface area contributed by atoms with Gasteiger partial charge >= 0.3 is 0 Å². The third kappa shape index (κ3) is 2.09. The van der Waals surface area contributed by atoms with E-state index < -0.39 is 6.10 Å². The van der Waals surface area contributed by atoms with Crippen LogP contribution in [0.1, 0.15) is 30.8 Å². The second-order valence-electron chi connectivity index (χ2n) is 3.63. The van der Waals surface area contributed by atoms with E-state index in [1.54, 1.807) is 12.4 Å². The van der Waals surface area contributed by atoms with Crippen LogP contribution < -0.4 is 0 Å². The van der Waals surface area contributed by atoms with Crippen LogP contribution in [0, 0.1) is 6.92 Å². The molecule has 5 nitrogen and oxygen atoms in total. The van der Waals surface area contributed by atoms with Crippen molar-refractivity contribution in [1.82, 2.24) is 15.1 Å². The van der Waals surface area contributed by atoms with Crippen LogP contribution in [0.3, 0.4) is 0 Å². The number of hydrogen-bond donors (Lipinski definition) is 1. The Morgan fingerprint density at radius 2 is 2.25 bits per heavy atom. The van der Waals surface area contributed by atoms with Crippen molar-refractivity contribution < 1.29 is 9.63 Å². The van der Waals surface area contributed by atoms with Gasteiger partial charge in [0, 0.05) is 12.4 Å². The van der Waals surface area contributed by atoms with Gasteiger partial charge in [0.25, 0.3) is 5.89 Å². The van der Waals surface area contributed by atoms with E-state index in [1.165, 1.54) is 0 Å². The maximum atomic E-state index is 9.54. The highest BCUT2D eigenvalue weighted by molar-refractivity contribution is 5.51. The Morgan fingerprint density at radius 1 is 1.44 bits per heavy atom. The van der Waals surface area contributed by atoms with Gasteiger partial charge in [-0.3, -0.25) is 4.98 Å². The van der Waals surface area contributed by atoms with E-state index >= 15 is 0 Å². The first-order chi connectivity index (χ1) is 7.70. The molecule has 0 spiro atoms. The lowest BCUT2D eigenvalue weighted by Crippen LogP contribution is -1.97. The number of pyridine rings is 1. The second-order valence-corrected chi connectivity index (χ2v) is 3.63. The number of aliphatic hydroxyl groups is 1. The molecule has 0 amide bonds. The standard InChI is InChI=1S/C11H13N3O2/c1-3-9(15)10-13-11(16-14-10)8-4-7(2)5-12-6-8/h4-6,9,15H,3H2,1-2H3. The third-order valence-corrected chi connectivity index (χ3v) is 2.25. The van der Waals surface area contributed by atoms with Crippen LogP contribution in [-0.2, 0) is 0 Å². The van der Waals surface area contributed by atoms with Crippen LogP contribution in [0.4, 0.5) is 0 Å². The van der Waals surface area contributed by atoms with Gasteiger partial charge in [0.15, 0.2) is 0 Å². The zero-order chi connectivity index (χ0) is 11.5. The van der Waals surface area contributed by atoms with Gasteiger partial charge in [-0.25, -0.2) is 0 Å². The van der Waals surface area contributed by atoms with Crippen LogP contribution in [0.2, 0.25) is 0 Å². The lowest BCUT2D eigenvalue weighted by Gasteiger charge is -1.98. The monoisotopic (exact) mass is 219 g/mol. The molecule has 2 heterocycles. The summed E-state index contributed by atoms with van der Waals surface area (Å²) in [6.07, 6.45) is 3.30. The Balaban J connectivity index is 2.31. The second kappa shape index (κ2) is 4.40. The van der Waals surface area contributed by atoms with E-state index in [0.717, 1.165) is 11.1 Å². The van der Waals surface area contributed by atoms with Crippen LogP contribution in [-0.4, -0.2) is 20.2 Å². The lowest BCUT2D eigenvalue weighted by molar-refractivity contribution is 0.159. The molecule has 0 fully saturated rings. The number of hydrogen-bond acceptors (Lipinski definition) is 5. The molecule has 2 aromatic heterocycles. The summed E-state index contributed by atoms with van der Waals surface area (Å²) >= 11 is 0. The van der Waals surface area contributed by atoms with Crippen molar-refractivity contribution in [3.8, 4) is 11.5 Å². The summed E-state index contributed by atoms with van der Waals surface area (Å²) in [5.41, 5.74) is 1.79. The largest absolute Gasteiger partial charge is 0.385 e. The van der Waals surface area contributed by atoms with E-state index in [0.29, 0.717) is 18.1 Å². The van der Waals surface area contributed by atoms with Gasteiger partial charge in [0.2, 0.25) is 5.82 Å². The van der Waals surface area contributed by atoms with Gasteiger partial charge in [-0.05, 0) is 25.0 Å². The molecule has 0 saturated carbocycles. The predicted molar refractivity (Wildman–Crippen MR) is 57.5 cm³/mol. The molecule has 84 valence electrons. The van der Waals surface area contributed by atoms with Gasteiger partial charge in [-0.1, -0.05) is 12.1 Å². The molecule has 2 aromatic rings. The Kier molecular flexibility index (Phi) is 2.96. The van der Waals surface area contributed by atoms with E-state index in [-0.39, 0.29) is 0 Å². The van der Waals surface area contributed by atoms with Gasteiger partial charge < -0.3 is 9.63 Å². The number of aromatic nitrogens is 3. The number of nitrogens with zero attached hydrogens (tertiary/aromatic N) is 3. The molecule has 0 saturated heterocycles.